The molecule has 0 bridgehead atoms. The first-order valence-electron chi connectivity index (χ1n) is 13.7. The maximum absolute atomic E-state index is 5.39. The van der Waals surface area contributed by atoms with E-state index in [2.05, 4.69) is 56.5 Å². The fourth-order valence-electron chi connectivity index (χ4n) is 4.66. The smallest absolute Gasteiger partial charge is 0.251 e. The summed E-state index contributed by atoms with van der Waals surface area (Å²) in [5.41, 5.74) is 12.1. The average Bonchev–Trinajstić information content (AvgIpc) is 3.78. The molecule has 41 heavy (non-hydrogen) atoms. The van der Waals surface area contributed by atoms with Gasteiger partial charge in [-0.2, -0.15) is 9.36 Å². The van der Waals surface area contributed by atoms with Gasteiger partial charge < -0.3 is 25.4 Å². The Hall–Kier alpha value is -3.94. The van der Waals surface area contributed by atoms with Crippen molar-refractivity contribution in [2.24, 2.45) is 20.5 Å². The van der Waals surface area contributed by atoms with Crippen LogP contribution in [-0.2, 0) is 4.74 Å². The highest BCUT2D eigenvalue weighted by atomic mass is 32.1. The second kappa shape index (κ2) is 12.7. The molecule has 6 rings (SSSR count). The first kappa shape index (κ1) is 27.2. The molecule has 11 nitrogen and oxygen atoms in total. The third-order valence-electron chi connectivity index (χ3n) is 6.95. The first-order valence-corrected chi connectivity index (χ1v) is 15.3. The summed E-state index contributed by atoms with van der Waals surface area (Å²) in [7, 11) is 0. The molecule has 212 valence electrons. The van der Waals surface area contributed by atoms with Crippen molar-refractivity contribution < 1.29 is 4.74 Å². The van der Waals surface area contributed by atoms with E-state index in [0.29, 0.717) is 24.3 Å². The van der Waals surface area contributed by atoms with Gasteiger partial charge in [0.05, 0.1) is 41.0 Å². The summed E-state index contributed by atoms with van der Waals surface area (Å²) < 4.78 is 9.80. The minimum atomic E-state index is 0.537. The number of nitrogens with zero attached hydrogens (tertiary/aromatic N) is 8. The van der Waals surface area contributed by atoms with Crippen molar-refractivity contribution in [1.29, 1.82) is 0 Å². The molecule has 2 aromatic carbocycles. The first-order chi connectivity index (χ1) is 20.1. The van der Waals surface area contributed by atoms with E-state index < -0.39 is 0 Å². The number of hydrogen-bond donors (Lipinski definition) is 2. The van der Waals surface area contributed by atoms with Crippen LogP contribution in [0.15, 0.2) is 69.0 Å². The second-order valence-electron chi connectivity index (χ2n) is 9.93. The Balaban J connectivity index is 1.03. The number of azo groups is 2. The zero-order valence-electron chi connectivity index (χ0n) is 23.1. The highest BCUT2D eigenvalue weighted by Crippen LogP contribution is 2.35. The molecule has 0 aliphatic carbocycles. The molecule has 2 aromatic heterocycles. The summed E-state index contributed by atoms with van der Waals surface area (Å²) >= 11 is 2.94. The molecule has 0 saturated carbocycles. The Bertz CT molecular complexity index is 1540. The van der Waals surface area contributed by atoms with E-state index in [1.165, 1.54) is 29.4 Å². The van der Waals surface area contributed by atoms with Crippen molar-refractivity contribution in [1.82, 2.24) is 9.36 Å². The standard InChI is InChI=1S/C28H32N10OS2/c1-19-18-22(31-34-25-9-10-26(40-25)37-11-3-4-12-37)6-7-23(19)32-30-21-5-8-24(20(2)17-21)33-35-28-29-27(36-41-28)38-13-15-39-16-14-38/h5-10,17-18,30,32H,3-4,11-16H2,1-2H3/b34-31+,35-33+. The molecular formula is C28H32N10OS2. The van der Waals surface area contributed by atoms with E-state index in [1.54, 1.807) is 11.3 Å². The van der Waals surface area contributed by atoms with Gasteiger partial charge in [0.25, 0.3) is 5.13 Å². The number of thiophene rings is 1. The monoisotopic (exact) mass is 588 g/mol. The molecule has 2 N–H and O–H groups in total. The van der Waals surface area contributed by atoms with Gasteiger partial charge in [0.2, 0.25) is 5.95 Å². The number of ether oxygens (including phenoxy) is 1. The highest BCUT2D eigenvalue weighted by molar-refractivity contribution is 7.19. The minimum absolute atomic E-state index is 0.537. The highest BCUT2D eigenvalue weighted by Gasteiger charge is 2.16. The summed E-state index contributed by atoms with van der Waals surface area (Å²) in [6, 6.07) is 16.1. The van der Waals surface area contributed by atoms with Crippen molar-refractivity contribution >= 4 is 66.7 Å². The topological polar surface area (TPSA) is 115 Å². The molecule has 2 fully saturated rings. The molecule has 0 atom stereocenters. The van der Waals surface area contributed by atoms with Crippen LogP contribution in [0.3, 0.4) is 0 Å². The summed E-state index contributed by atoms with van der Waals surface area (Å²) in [6.45, 7) is 9.29. The van der Waals surface area contributed by atoms with Gasteiger partial charge in [0, 0.05) is 37.7 Å². The van der Waals surface area contributed by atoms with Gasteiger partial charge in [-0.05, 0) is 86.3 Å². The SMILES string of the molecule is Cc1cc(NNc2ccc(/N=N/c3ccc(N4CCCC4)s3)cc2C)ccc1/N=N/c1nc(N2CCOCC2)ns1. The predicted molar refractivity (Wildman–Crippen MR) is 167 cm³/mol. The number of hydrazine groups is 1. The maximum atomic E-state index is 5.39. The largest absolute Gasteiger partial charge is 0.378 e. The molecule has 13 heteroatoms. The van der Waals surface area contributed by atoms with Crippen molar-refractivity contribution in [3.05, 3.63) is 59.7 Å². The molecule has 0 unspecified atom stereocenters. The number of rotatable bonds is 9. The van der Waals surface area contributed by atoms with E-state index in [-0.39, 0.29) is 0 Å². The zero-order valence-corrected chi connectivity index (χ0v) is 24.7. The molecule has 2 saturated heterocycles. The van der Waals surface area contributed by atoms with E-state index in [9.17, 15) is 0 Å². The number of morpholine rings is 1. The fourth-order valence-corrected chi connectivity index (χ4v) is 6.06. The van der Waals surface area contributed by atoms with Crippen LogP contribution in [0.5, 0.6) is 0 Å². The summed E-state index contributed by atoms with van der Waals surface area (Å²) in [5, 5.41) is 20.4. The lowest BCUT2D eigenvalue weighted by atomic mass is 10.2. The van der Waals surface area contributed by atoms with E-state index in [1.807, 2.05) is 56.3 Å². The third-order valence-corrected chi connectivity index (χ3v) is 8.57. The van der Waals surface area contributed by atoms with E-state index in [0.717, 1.165) is 65.1 Å². The second-order valence-corrected chi connectivity index (χ2v) is 11.7. The lowest BCUT2D eigenvalue weighted by Crippen LogP contribution is -2.36. The molecule has 4 aromatic rings. The van der Waals surface area contributed by atoms with Gasteiger partial charge in [0.15, 0.2) is 0 Å². The van der Waals surface area contributed by atoms with Crippen LogP contribution in [-0.4, -0.2) is 48.8 Å². The molecule has 0 radical (unpaired) electrons. The van der Waals surface area contributed by atoms with Crippen LogP contribution in [0, 0.1) is 13.8 Å². The van der Waals surface area contributed by atoms with Crippen molar-refractivity contribution in [2.75, 3.05) is 60.0 Å². The van der Waals surface area contributed by atoms with Gasteiger partial charge in [-0.3, -0.25) is 0 Å². The van der Waals surface area contributed by atoms with Gasteiger partial charge >= 0.3 is 0 Å². The fraction of sp³-hybridized carbons (Fsp3) is 0.357. The summed E-state index contributed by atoms with van der Waals surface area (Å²) in [4.78, 5) is 9.02. The van der Waals surface area contributed by atoms with Crippen LogP contribution in [0.1, 0.15) is 24.0 Å². The van der Waals surface area contributed by atoms with Gasteiger partial charge in [-0.15, -0.1) is 20.5 Å². The van der Waals surface area contributed by atoms with Crippen molar-refractivity contribution in [3.8, 4) is 0 Å². The summed E-state index contributed by atoms with van der Waals surface area (Å²) in [6.07, 6.45) is 2.53. The van der Waals surface area contributed by atoms with Crippen molar-refractivity contribution in [3.63, 3.8) is 0 Å². The third kappa shape index (κ3) is 6.87. The summed E-state index contributed by atoms with van der Waals surface area (Å²) in [5.74, 6) is 0.690. The van der Waals surface area contributed by atoms with Gasteiger partial charge in [-0.1, -0.05) is 11.3 Å². The molecule has 2 aliphatic rings. The van der Waals surface area contributed by atoms with E-state index in [4.69, 9.17) is 4.74 Å². The van der Waals surface area contributed by atoms with Crippen LogP contribution in [0.2, 0.25) is 0 Å². The number of aryl methyl sites for hydroxylation is 2. The van der Waals surface area contributed by atoms with Crippen LogP contribution in [0.4, 0.5) is 43.8 Å². The number of benzene rings is 2. The normalized spacial score (nSPS) is 15.9. The average molecular weight is 589 g/mol. The van der Waals surface area contributed by atoms with Gasteiger partial charge in [-0.25, -0.2) is 0 Å². The van der Waals surface area contributed by atoms with Crippen molar-refractivity contribution in [2.45, 2.75) is 26.7 Å². The molecular weight excluding hydrogens is 557 g/mol. The predicted octanol–water partition coefficient (Wildman–Crippen LogP) is 7.92. The number of aromatic nitrogens is 2. The lowest BCUT2D eigenvalue weighted by molar-refractivity contribution is 0.122. The molecule has 4 heterocycles. The van der Waals surface area contributed by atoms with E-state index >= 15 is 0 Å². The number of nitrogens with one attached hydrogen (secondary N) is 2. The molecule has 2 aliphatic heterocycles. The Labute approximate surface area is 247 Å². The lowest BCUT2D eigenvalue weighted by Gasteiger charge is -2.25. The Morgan fingerprint density at radius 3 is 2.46 bits per heavy atom. The zero-order chi connectivity index (χ0) is 28.0. The molecule has 0 spiro atoms. The van der Waals surface area contributed by atoms with Crippen LogP contribution in [0.25, 0.3) is 0 Å². The minimum Gasteiger partial charge on any atom is -0.378 e. The Morgan fingerprint density at radius 2 is 1.66 bits per heavy atom. The maximum Gasteiger partial charge on any atom is 0.251 e. The quantitative estimate of drug-likeness (QED) is 0.151. The number of hydrogen-bond acceptors (Lipinski definition) is 13. The van der Waals surface area contributed by atoms with Crippen LogP contribution < -0.4 is 20.7 Å². The Kier molecular flexibility index (Phi) is 8.44. The molecule has 0 amide bonds. The Morgan fingerprint density at radius 1 is 0.805 bits per heavy atom. The van der Waals surface area contributed by atoms with Gasteiger partial charge in [0.1, 0.15) is 5.00 Å². The van der Waals surface area contributed by atoms with Crippen LogP contribution >= 0.6 is 22.9 Å². The number of anilines is 4.